The quantitative estimate of drug-likeness (QED) is 0.778. The minimum atomic E-state index is -0.283. The van der Waals surface area contributed by atoms with Crippen molar-refractivity contribution in [2.45, 2.75) is 26.3 Å². The molecule has 14 heavy (non-hydrogen) atoms. The van der Waals surface area contributed by atoms with Gasteiger partial charge in [-0.1, -0.05) is 6.07 Å². The van der Waals surface area contributed by atoms with Crippen molar-refractivity contribution in [2.24, 2.45) is 5.73 Å². The lowest BCUT2D eigenvalue weighted by Gasteiger charge is -2.26. The van der Waals surface area contributed by atoms with Crippen LogP contribution in [0.5, 0.6) is 0 Å². The van der Waals surface area contributed by atoms with E-state index >= 15 is 0 Å². The van der Waals surface area contributed by atoms with Crippen LogP contribution in [-0.4, -0.2) is 12.1 Å². The first kappa shape index (κ1) is 11.0. The minimum Gasteiger partial charge on any atom is -0.377 e. The summed E-state index contributed by atoms with van der Waals surface area (Å²) in [7, 11) is 0. The zero-order valence-electron chi connectivity index (χ0n) is 8.89. The minimum absolute atomic E-state index is 0.239. The molecule has 0 amide bonds. The van der Waals surface area contributed by atoms with Gasteiger partial charge in [-0.3, -0.25) is 0 Å². The van der Waals surface area contributed by atoms with Gasteiger partial charge in [-0.2, -0.15) is 0 Å². The summed E-state index contributed by atoms with van der Waals surface area (Å²) in [6.45, 7) is 6.27. The van der Waals surface area contributed by atoms with Crippen molar-refractivity contribution in [3.8, 4) is 0 Å². The number of anilines is 1. The molecule has 0 aromatic heterocycles. The topological polar surface area (TPSA) is 38.0 Å². The highest BCUT2D eigenvalue weighted by molar-refractivity contribution is 5.48. The number of benzene rings is 1. The van der Waals surface area contributed by atoms with Crippen LogP contribution in [0.4, 0.5) is 10.1 Å². The van der Waals surface area contributed by atoms with Crippen molar-refractivity contribution in [3.05, 3.63) is 29.6 Å². The Labute approximate surface area is 84.3 Å². The van der Waals surface area contributed by atoms with E-state index in [0.29, 0.717) is 12.2 Å². The zero-order valence-corrected chi connectivity index (χ0v) is 8.89. The summed E-state index contributed by atoms with van der Waals surface area (Å²) < 4.78 is 13.3. The molecule has 0 radical (unpaired) electrons. The van der Waals surface area contributed by atoms with Crippen molar-refractivity contribution < 1.29 is 4.39 Å². The SMILES string of the molecule is Cc1ccc(F)c(NC(C)(C)CN)c1. The van der Waals surface area contributed by atoms with Gasteiger partial charge in [0.15, 0.2) is 0 Å². The van der Waals surface area contributed by atoms with Gasteiger partial charge in [0.25, 0.3) is 0 Å². The molecule has 78 valence electrons. The summed E-state index contributed by atoms with van der Waals surface area (Å²) in [6, 6.07) is 4.99. The summed E-state index contributed by atoms with van der Waals surface area (Å²) >= 11 is 0. The highest BCUT2D eigenvalue weighted by Crippen LogP contribution is 2.19. The Kier molecular flexibility index (Phi) is 3.11. The molecule has 0 atom stereocenters. The molecule has 0 aliphatic heterocycles. The molecule has 0 fully saturated rings. The molecule has 1 rings (SSSR count). The maximum atomic E-state index is 13.3. The summed E-state index contributed by atoms with van der Waals surface area (Å²) in [5.41, 5.74) is 6.82. The van der Waals surface area contributed by atoms with Crippen LogP contribution in [0.25, 0.3) is 0 Å². The molecule has 1 aromatic carbocycles. The first-order chi connectivity index (χ1) is 6.44. The Bertz CT molecular complexity index is 321. The van der Waals surface area contributed by atoms with Gasteiger partial charge < -0.3 is 11.1 Å². The van der Waals surface area contributed by atoms with Gasteiger partial charge in [0.1, 0.15) is 5.82 Å². The number of nitrogens with one attached hydrogen (secondary N) is 1. The fraction of sp³-hybridized carbons (Fsp3) is 0.455. The molecule has 0 saturated heterocycles. The fourth-order valence-corrected chi connectivity index (χ4v) is 1.15. The average Bonchev–Trinajstić information content (AvgIpc) is 2.11. The maximum Gasteiger partial charge on any atom is 0.146 e. The predicted octanol–water partition coefficient (Wildman–Crippen LogP) is 2.28. The molecule has 0 aliphatic carbocycles. The first-order valence-electron chi connectivity index (χ1n) is 4.69. The third kappa shape index (κ3) is 2.70. The average molecular weight is 196 g/mol. The lowest BCUT2D eigenvalue weighted by molar-refractivity contribution is 0.565. The van der Waals surface area contributed by atoms with Gasteiger partial charge in [-0.15, -0.1) is 0 Å². The fourth-order valence-electron chi connectivity index (χ4n) is 1.15. The Hall–Kier alpha value is -1.09. The third-order valence-electron chi connectivity index (χ3n) is 2.11. The van der Waals surface area contributed by atoms with Gasteiger partial charge in [0, 0.05) is 12.1 Å². The number of halogens is 1. The van der Waals surface area contributed by atoms with Gasteiger partial charge >= 0.3 is 0 Å². The van der Waals surface area contributed by atoms with Crippen molar-refractivity contribution in [1.82, 2.24) is 0 Å². The highest BCUT2D eigenvalue weighted by Gasteiger charge is 2.16. The summed E-state index contributed by atoms with van der Waals surface area (Å²) in [5.74, 6) is -0.239. The highest BCUT2D eigenvalue weighted by atomic mass is 19.1. The van der Waals surface area contributed by atoms with Crippen molar-refractivity contribution in [1.29, 1.82) is 0 Å². The first-order valence-corrected chi connectivity index (χ1v) is 4.69. The second-order valence-corrected chi connectivity index (χ2v) is 4.20. The second kappa shape index (κ2) is 3.96. The van der Waals surface area contributed by atoms with E-state index in [1.807, 2.05) is 20.8 Å². The largest absolute Gasteiger partial charge is 0.377 e. The Morgan fingerprint density at radius 1 is 1.43 bits per heavy atom. The second-order valence-electron chi connectivity index (χ2n) is 4.20. The summed E-state index contributed by atoms with van der Waals surface area (Å²) in [5, 5.41) is 3.08. The Balaban J connectivity index is 2.91. The van der Waals surface area contributed by atoms with Crippen LogP contribution in [0.15, 0.2) is 18.2 Å². The predicted molar refractivity (Wildman–Crippen MR) is 57.9 cm³/mol. The third-order valence-corrected chi connectivity index (χ3v) is 2.11. The lowest BCUT2D eigenvalue weighted by Crippen LogP contribution is -2.39. The normalized spacial score (nSPS) is 11.5. The maximum absolute atomic E-state index is 13.3. The van der Waals surface area contributed by atoms with Crippen LogP contribution in [0.3, 0.4) is 0 Å². The van der Waals surface area contributed by atoms with Crippen LogP contribution in [-0.2, 0) is 0 Å². The Morgan fingerprint density at radius 2 is 2.07 bits per heavy atom. The van der Waals surface area contributed by atoms with Crippen LogP contribution < -0.4 is 11.1 Å². The van der Waals surface area contributed by atoms with Gasteiger partial charge in [0.05, 0.1) is 5.69 Å². The number of hydrogen-bond donors (Lipinski definition) is 2. The number of nitrogens with two attached hydrogens (primary N) is 1. The molecule has 0 bridgehead atoms. The molecule has 0 aliphatic rings. The summed E-state index contributed by atoms with van der Waals surface area (Å²) in [4.78, 5) is 0. The molecule has 0 unspecified atom stereocenters. The van der Waals surface area contributed by atoms with Crippen molar-refractivity contribution in [2.75, 3.05) is 11.9 Å². The number of hydrogen-bond acceptors (Lipinski definition) is 2. The molecule has 1 aromatic rings. The van der Waals surface area contributed by atoms with E-state index < -0.39 is 0 Å². The lowest BCUT2D eigenvalue weighted by atomic mass is 10.1. The van der Waals surface area contributed by atoms with E-state index in [9.17, 15) is 4.39 Å². The van der Waals surface area contributed by atoms with Crippen LogP contribution in [0.2, 0.25) is 0 Å². The van der Waals surface area contributed by atoms with Gasteiger partial charge in [-0.25, -0.2) is 4.39 Å². The van der Waals surface area contributed by atoms with E-state index in [1.54, 1.807) is 12.1 Å². The van der Waals surface area contributed by atoms with Crippen LogP contribution in [0, 0.1) is 12.7 Å². The Morgan fingerprint density at radius 3 is 2.64 bits per heavy atom. The molecule has 0 saturated carbocycles. The van der Waals surface area contributed by atoms with Crippen molar-refractivity contribution in [3.63, 3.8) is 0 Å². The summed E-state index contributed by atoms with van der Waals surface area (Å²) in [6.07, 6.45) is 0. The standard InChI is InChI=1S/C11H17FN2/c1-8-4-5-9(12)10(6-8)14-11(2,3)7-13/h4-6,14H,7,13H2,1-3H3. The molecule has 2 nitrogen and oxygen atoms in total. The van der Waals surface area contributed by atoms with E-state index in [2.05, 4.69) is 5.32 Å². The van der Waals surface area contributed by atoms with Crippen LogP contribution in [0.1, 0.15) is 19.4 Å². The molecule has 3 N–H and O–H groups in total. The number of rotatable bonds is 3. The molecule has 3 heteroatoms. The molecular formula is C11H17FN2. The van der Waals surface area contributed by atoms with Gasteiger partial charge in [0.2, 0.25) is 0 Å². The van der Waals surface area contributed by atoms with E-state index in [-0.39, 0.29) is 11.4 Å². The zero-order chi connectivity index (χ0) is 10.8. The van der Waals surface area contributed by atoms with Crippen molar-refractivity contribution >= 4 is 5.69 Å². The van der Waals surface area contributed by atoms with Crippen LogP contribution >= 0.6 is 0 Å². The van der Waals surface area contributed by atoms with Gasteiger partial charge in [-0.05, 0) is 38.5 Å². The van der Waals surface area contributed by atoms with E-state index in [0.717, 1.165) is 5.56 Å². The smallest absolute Gasteiger partial charge is 0.146 e. The monoisotopic (exact) mass is 196 g/mol. The molecule has 0 spiro atoms. The molecular weight excluding hydrogens is 179 g/mol. The van der Waals surface area contributed by atoms with E-state index in [1.165, 1.54) is 6.07 Å². The number of aryl methyl sites for hydroxylation is 1. The molecule has 0 heterocycles. The van der Waals surface area contributed by atoms with E-state index in [4.69, 9.17) is 5.73 Å².